The molecule has 0 aliphatic rings. The minimum Gasteiger partial charge on any atom is -0.492 e. The molecular formula is C16H13F4NO3. The van der Waals surface area contributed by atoms with E-state index < -0.39 is 40.5 Å². The summed E-state index contributed by atoms with van der Waals surface area (Å²) in [5.74, 6) is -9.65. The van der Waals surface area contributed by atoms with Gasteiger partial charge in [0, 0.05) is 0 Å². The van der Waals surface area contributed by atoms with Crippen LogP contribution in [0.25, 0.3) is 0 Å². The molecule has 24 heavy (non-hydrogen) atoms. The van der Waals surface area contributed by atoms with Gasteiger partial charge in [0.2, 0.25) is 11.6 Å². The minimum absolute atomic E-state index is 0.0970. The SMILES string of the molecule is CCOc1ccccc1NC(=O)c1c(F)c(F)c(OC)c(F)c1F. The number of benzene rings is 2. The Labute approximate surface area is 135 Å². The van der Waals surface area contributed by atoms with Crippen LogP contribution in [0, 0.1) is 23.3 Å². The maximum atomic E-state index is 13.9. The summed E-state index contributed by atoms with van der Waals surface area (Å²) in [6.07, 6.45) is 0. The molecule has 128 valence electrons. The van der Waals surface area contributed by atoms with Crippen LogP contribution >= 0.6 is 0 Å². The molecular weight excluding hydrogens is 330 g/mol. The largest absolute Gasteiger partial charge is 0.492 e. The average Bonchev–Trinajstić information content (AvgIpc) is 2.56. The predicted octanol–water partition coefficient (Wildman–Crippen LogP) is 3.90. The van der Waals surface area contributed by atoms with Crippen LogP contribution in [0.1, 0.15) is 17.3 Å². The van der Waals surface area contributed by atoms with Gasteiger partial charge in [0.05, 0.1) is 19.4 Å². The Bertz CT molecular complexity index is 751. The first-order chi connectivity index (χ1) is 11.4. The highest BCUT2D eigenvalue weighted by atomic mass is 19.2. The van der Waals surface area contributed by atoms with E-state index in [9.17, 15) is 22.4 Å². The second kappa shape index (κ2) is 7.20. The molecule has 0 spiro atoms. The Hall–Kier alpha value is -2.77. The van der Waals surface area contributed by atoms with Crippen molar-refractivity contribution in [2.75, 3.05) is 19.0 Å². The zero-order chi connectivity index (χ0) is 17.9. The van der Waals surface area contributed by atoms with Crippen molar-refractivity contribution in [3.63, 3.8) is 0 Å². The van der Waals surface area contributed by atoms with Gasteiger partial charge in [-0.25, -0.2) is 8.78 Å². The van der Waals surface area contributed by atoms with E-state index >= 15 is 0 Å². The van der Waals surface area contributed by atoms with Gasteiger partial charge in [-0.2, -0.15) is 8.78 Å². The predicted molar refractivity (Wildman–Crippen MR) is 78.4 cm³/mol. The summed E-state index contributed by atoms with van der Waals surface area (Å²) in [4.78, 5) is 12.1. The summed E-state index contributed by atoms with van der Waals surface area (Å²) >= 11 is 0. The summed E-state index contributed by atoms with van der Waals surface area (Å²) < 4.78 is 64.8. The highest BCUT2D eigenvalue weighted by Crippen LogP contribution is 2.31. The number of amides is 1. The molecule has 0 atom stereocenters. The van der Waals surface area contributed by atoms with Crippen molar-refractivity contribution in [3.05, 3.63) is 53.1 Å². The third kappa shape index (κ3) is 3.12. The van der Waals surface area contributed by atoms with Gasteiger partial charge in [-0.15, -0.1) is 0 Å². The first-order valence-corrected chi connectivity index (χ1v) is 6.85. The molecule has 0 bridgehead atoms. The molecule has 1 amide bonds. The summed E-state index contributed by atoms with van der Waals surface area (Å²) in [6.45, 7) is 1.98. The molecule has 0 heterocycles. The lowest BCUT2D eigenvalue weighted by molar-refractivity contribution is 0.101. The Morgan fingerprint density at radius 3 is 2.17 bits per heavy atom. The van der Waals surface area contributed by atoms with E-state index in [0.717, 1.165) is 7.11 Å². The van der Waals surface area contributed by atoms with Crippen molar-refractivity contribution >= 4 is 11.6 Å². The van der Waals surface area contributed by atoms with Crippen LogP contribution < -0.4 is 14.8 Å². The monoisotopic (exact) mass is 343 g/mol. The molecule has 2 aromatic carbocycles. The molecule has 0 saturated carbocycles. The molecule has 2 aromatic rings. The van der Waals surface area contributed by atoms with E-state index in [4.69, 9.17) is 4.74 Å². The van der Waals surface area contributed by atoms with Gasteiger partial charge in [0.1, 0.15) is 11.3 Å². The number of rotatable bonds is 5. The normalized spacial score (nSPS) is 10.4. The fraction of sp³-hybridized carbons (Fsp3) is 0.188. The number of anilines is 1. The summed E-state index contributed by atoms with van der Waals surface area (Å²) in [5, 5.41) is 2.17. The number of carbonyl (C=O) groups excluding carboxylic acids is 1. The molecule has 0 radical (unpaired) electrons. The van der Waals surface area contributed by atoms with Crippen molar-refractivity contribution in [1.29, 1.82) is 0 Å². The lowest BCUT2D eigenvalue weighted by atomic mass is 10.1. The fourth-order valence-electron chi connectivity index (χ4n) is 2.03. The molecule has 0 fully saturated rings. The van der Waals surface area contributed by atoms with Crippen LogP contribution in [0.4, 0.5) is 23.2 Å². The topological polar surface area (TPSA) is 47.6 Å². The maximum absolute atomic E-state index is 13.9. The lowest BCUT2D eigenvalue weighted by Crippen LogP contribution is -2.19. The van der Waals surface area contributed by atoms with E-state index in [1.165, 1.54) is 12.1 Å². The zero-order valence-corrected chi connectivity index (χ0v) is 12.8. The van der Waals surface area contributed by atoms with E-state index in [2.05, 4.69) is 10.1 Å². The van der Waals surface area contributed by atoms with Crippen LogP contribution in [-0.4, -0.2) is 19.6 Å². The summed E-state index contributed by atoms with van der Waals surface area (Å²) in [7, 11) is 0.846. The first kappa shape index (κ1) is 17.6. The minimum atomic E-state index is -1.85. The van der Waals surface area contributed by atoms with Gasteiger partial charge in [0.15, 0.2) is 17.4 Å². The standard InChI is InChI=1S/C16H13F4NO3/c1-3-24-9-7-5-4-6-8(9)21-16(22)10-11(17)13(19)15(23-2)14(20)12(10)18/h4-7H,3H2,1-2H3,(H,21,22). The van der Waals surface area contributed by atoms with Gasteiger partial charge in [-0.1, -0.05) is 12.1 Å². The maximum Gasteiger partial charge on any atom is 0.261 e. The van der Waals surface area contributed by atoms with Crippen molar-refractivity contribution in [3.8, 4) is 11.5 Å². The van der Waals surface area contributed by atoms with Gasteiger partial charge < -0.3 is 14.8 Å². The molecule has 0 unspecified atom stereocenters. The molecule has 0 aliphatic carbocycles. The van der Waals surface area contributed by atoms with E-state index in [0.29, 0.717) is 0 Å². The molecule has 1 N–H and O–H groups in total. The van der Waals surface area contributed by atoms with Gasteiger partial charge in [0.25, 0.3) is 5.91 Å². The van der Waals surface area contributed by atoms with Crippen LogP contribution in [0.2, 0.25) is 0 Å². The van der Waals surface area contributed by atoms with E-state index in [1.54, 1.807) is 19.1 Å². The van der Waals surface area contributed by atoms with Crippen LogP contribution in [-0.2, 0) is 0 Å². The molecule has 4 nitrogen and oxygen atoms in total. The van der Waals surface area contributed by atoms with Crippen molar-refractivity contribution in [2.24, 2.45) is 0 Å². The summed E-state index contributed by atoms with van der Waals surface area (Å²) in [5.41, 5.74) is -1.29. The number of ether oxygens (including phenoxy) is 2. The number of nitrogens with one attached hydrogen (secondary N) is 1. The number of methoxy groups -OCH3 is 1. The van der Waals surface area contributed by atoms with E-state index in [-0.39, 0.29) is 18.0 Å². The van der Waals surface area contributed by atoms with Crippen molar-refractivity contribution < 1.29 is 31.8 Å². The Morgan fingerprint density at radius 1 is 1.04 bits per heavy atom. The lowest BCUT2D eigenvalue weighted by Gasteiger charge is -2.13. The number of halogens is 4. The van der Waals surface area contributed by atoms with Crippen molar-refractivity contribution in [1.82, 2.24) is 0 Å². The highest BCUT2D eigenvalue weighted by molar-refractivity contribution is 6.05. The van der Waals surface area contributed by atoms with Crippen LogP contribution in [0.3, 0.4) is 0 Å². The van der Waals surface area contributed by atoms with Crippen LogP contribution in [0.15, 0.2) is 24.3 Å². The smallest absolute Gasteiger partial charge is 0.261 e. The Morgan fingerprint density at radius 2 is 1.62 bits per heavy atom. The van der Waals surface area contributed by atoms with E-state index in [1.807, 2.05) is 0 Å². The fourth-order valence-corrected chi connectivity index (χ4v) is 2.03. The molecule has 8 heteroatoms. The first-order valence-electron chi connectivity index (χ1n) is 6.85. The molecule has 0 aromatic heterocycles. The van der Waals surface area contributed by atoms with Gasteiger partial charge in [-0.3, -0.25) is 4.79 Å². The second-order valence-electron chi connectivity index (χ2n) is 4.55. The quantitative estimate of drug-likeness (QED) is 0.662. The number of carbonyl (C=O) groups is 1. The molecule has 2 rings (SSSR count). The van der Waals surface area contributed by atoms with Gasteiger partial charge in [-0.05, 0) is 19.1 Å². The number of hydrogen-bond donors (Lipinski definition) is 1. The van der Waals surface area contributed by atoms with Crippen LogP contribution in [0.5, 0.6) is 11.5 Å². The number of hydrogen-bond acceptors (Lipinski definition) is 3. The average molecular weight is 343 g/mol. The number of para-hydroxylation sites is 2. The highest BCUT2D eigenvalue weighted by Gasteiger charge is 2.30. The molecule has 0 saturated heterocycles. The third-order valence-corrected chi connectivity index (χ3v) is 3.09. The van der Waals surface area contributed by atoms with Crippen molar-refractivity contribution in [2.45, 2.75) is 6.92 Å². The third-order valence-electron chi connectivity index (χ3n) is 3.09. The second-order valence-corrected chi connectivity index (χ2v) is 4.55. The zero-order valence-electron chi connectivity index (χ0n) is 12.8. The Kier molecular flexibility index (Phi) is 5.28. The Balaban J connectivity index is 2.45. The van der Waals surface area contributed by atoms with Gasteiger partial charge >= 0.3 is 0 Å². The summed E-state index contributed by atoms with van der Waals surface area (Å²) in [6, 6.07) is 6.09. The molecule has 0 aliphatic heterocycles.